The number of phenolic OH excluding ortho intramolecular Hbond substituents is 1. The number of benzene rings is 3. The smallest absolute Gasteiger partial charge is 0.221 e. The molecule has 0 atom stereocenters. The van der Waals surface area contributed by atoms with Crippen LogP contribution in [0.4, 0.5) is 17.1 Å². The van der Waals surface area contributed by atoms with Gasteiger partial charge in [0, 0.05) is 18.0 Å². The molecule has 3 aromatic rings. The van der Waals surface area contributed by atoms with E-state index in [1.807, 2.05) is 19.1 Å². The highest BCUT2D eigenvalue weighted by molar-refractivity contribution is 8.19. The first-order chi connectivity index (χ1) is 13.1. The fraction of sp³-hybridized carbons (Fsp3) is 0.105. The molecule has 146 valence electrons. The van der Waals surface area contributed by atoms with Gasteiger partial charge in [-0.1, -0.05) is 17.7 Å². The minimum Gasteiger partial charge on any atom is -0.505 e. The number of azo groups is 1. The van der Waals surface area contributed by atoms with E-state index >= 15 is 0 Å². The second-order valence-electron chi connectivity index (χ2n) is 6.24. The van der Waals surface area contributed by atoms with Crippen LogP contribution in [0.25, 0.3) is 10.8 Å². The molecule has 0 radical (unpaired) electrons. The summed E-state index contributed by atoms with van der Waals surface area (Å²) in [5.74, 6) is -0.648. The Morgan fingerprint density at radius 2 is 1.68 bits per heavy atom. The highest BCUT2D eigenvalue weighted by Gasteiger charge is 2.25. The lowest BCUT2D eigenvalue weighted by Gasteiger charge is -2.22. The first kappa shape index (κ1) is 19.8. The SMILES string of the molecule is CC(=O)Nc1ccc2c(O)c(N=Nc3ccc(C)cc3)c(S(O)(O)O)cc2c1. The summed E-state index contributed by atoms with van der Waals surface area (Å²) in [7, 11) is -4.20. The molecule has 0 spiro atoms. The Balaban J connectivity index is 2.15. The fourth-order valence-corrected chi connectivity index (χ4v) is 3.34. The lowest BCUT2D eigenvalue weighted by Crippen LogP contribution is -2.05. The van der Waals surface area contributed by atoms with E-state index in [1.54, 1.807) is 24.3 Å². The largest absolute Gasteiger partial charge is 0.505 e. The second kappa shape index (κ2) is 7.56. The fourth-order valence-electron chi connectivity index (χ4n) is 2.66. The summed E-state index contributed by atoms with van der Waals surface area (Å²) in [4.78, 5) is 10.9. The molecule has 0 fully saturated rings. The molecule has 8 nitrogen and oxygen atoms in total. The predicted octanol–water partition coefficient (Wildman–Crippen LogP) is 5.81. The molecule has 9 heteroatoms. The molecule has 0 heterocycles. The molecule has 0 bridgehead atoms. The topological polar surface area (TPSA) is 135 Å². The number of nitrogens with one attached hydrogen (secondary N) is 1. The normalized spacial score (nSPS) is 12.5. The van der Waals surface area contributed by atoms with Crippen LogP contribution in [0, 0.1) is 6.92 Å². The number of aromatic hydroxyl groups is 1. The van der Waals surface area contributed by atoms with Crippen molar-refractivity contribution in [1.29, 1.82) is 0 Å². The summed E-state index contributed by atoms with van der Waals surface area (Å²) in [6.07, 6.45) is 0. The molecule has 0 saturated heterocycles. The average Bonchev–Trinajstić information content (AvgIpc) is 2.60. The van der Waals surface area contributed by atoms with Gasteiger partial charge in [-0.3, -0.25) is 4.79 Å². The minimum atomic E-state index is -4.20. The van der Waals surface area contributed by atoms with E-state index in [0.717, 1.165) is 5.56 Å². The quantitative estimate of drug-likeness (QED) is 0.352. The zero-order valence-corrected chi connectivity index (χ0v) is 15.9. The van der Waals surface area contributed by atoms with E-state index in [4.69, 9.17) is 0 Å². The predicted molar refractivity (Wildman–Crippen MR) is 109 cm³/mol. The van der Waals surface area contributed by atoms with Gasteiger partial charge in [-0.2, -0.15) is 5.11 Å². The number of anilines is 1. The molecule has 0 aliphatic rings. The van der Waals surface area contributed by atoms with Gasteiger partial charge in [-0.25, -0.2) is 0 Å². The van der Waals surface area contributed by atoms with Crippen molar-refractivity contribution in [1.82, 2.24) is 0 Å². The lowest BCUT2D eigenvalue weighted by atomic mass is 10.1. The molecule has 1 amide bonds. The second-order valence-corrected chi connectivity index (χ2v) is 7.72. The highest BCUT2D eigenvalue weighted by Crippen LogP contribution is 2.54. The van der Waals surface area contributed by atoms with Crippen LogP contribution < -0.4 is 5.32 Å². The lowest BCUT2D eigenvalue weighted by molar-refractivity contribution is -0.114. The third-order valence-corrected chi connectivity index (χ3v) is 4.87. The van der Waals surface area contributed by atoms with Crippen molar-refractivity contribution >= 4 is 44.6 Å². The number of amides is 1. The summed E-state index contributed by atoms with van der Waals surface area (Å²) >= 11 is 0. The van der Waals surface area contributed by atoms with Crippen molar-refractivity contribution in [2.24, 2.45) is 10.2 Å². The van der Waals surface area contributed by atoms with Crippen LogP contribution in [0.1, 0.15) is 12.5 Å². The van der Waals surface area contributed by atoms with E-state index in [-0.39, 0.29) is 22.2 Å². The average molecular weight is 401 g/mol. The monoisotopic (exact) mass is 401 g/mol. The van der Waals surface area contributed by atoms with Crippen LogP contribution in [-0.4, -0.2) is 24.7 Å². The van der Waals surface area contributed by atoms with Gasteiger partial charge in [-0.05, 0) is 48.7 Å². The molecule has 0 aliphatic carbocycles. The van der Waals surface area contributed by atoms with Crippen molar-refractivity contribution in [3.63, 3.8) is 0 Å². The van der Waals surface area contributed by atoms with Crippen LogP contribution in [-0.2, 0) is 4.79 Å². The van der Waals surface area contributed by atoms with Crippen LogP contribution in [0.15, 0.2) is 63.7 Å². The van der Waals surface area contributed by atoms with Crippen molar-refractivity contribution in [2.75, 3.05) is 5.32 Å². The van der Waals surface area contributed by atoms with Gasteiger partial charge in [0.05, 0.1) is 10.6 Å². The molecular weight excluding hydrogens is 382 g/mol. The molecule has 5 N–H and O–H groups in total. The van der Waals surface area contributed by atoms with Gasteiger partial charge in [0.2, 0.25) is 5.91 Å². The Kier molecular flexibility index (Phi) is 5.34. The summed E-state index contributed by atoms with van der Waals surface area (Å²) in [6, 6.07) is 13.1. The van der Waals surface area contributed by atoms with Crippen molar-refractivity contribution in [3.8, 4) is 5.75 Å². The molecule has 0 saturated carbocycles. The van der Waals surface area contributed by atoms with E-state index < -0.39 is 10.9 Å². The molecule has 3 rings (SSSR count). The highest BCUT2D eigenvalue weighted by atomic mass is 32.3. The molecule has 3 aromatic carbocycles. The van der Waals surface area contributed by atoms with Gasteiger partial charge in [0.15, 0.2) is 5.75 Å². The number of nitrogens with zero attached hydrogens (tertiary/aromatic N) is 2. The molecule has 0 unspecified atom stereocenters. The van der Waals surface area contributed by atoms with Crippen LogP contribution >= 0.6 is 10.9 Å². The Morgan fingerprint density at radius 3 is 2.29 bits per heavy atom. The van der Waals surface area contributed by atoms with Crippen molar-refractivity contribution < 1.29 is 23.6 Å². The van der Waals surface area contributed by atoms with Crippen LogP contribution in [0.3, 0.4) is 0 Å². The van der Waals surface area contributed by atoms with Gasteiger partial charge in [-0.15, -0.1) is 5.11 Å². The zero-order valence-electron chi connectivity index (χ0n) is 15.1. The molecule has 0 aromatic heterocycles. The Labute approximate surface area is 162 Å². The minimum absolute atomic E-state index is 0.247. The molecular formula is C19H19N3O5S. The number of phenols is 1. The first-order valence-electron chi connectivity index (χ1n) is 8.21. The number of fused-ring (bicyclic) bond motifs is 1. The third kappa shape index (κ3) is 4.29. The number of carbonyl (C=O) groups excluding carboxylic acids is 1. The van der Waals surface area contributed by atoms with Gasteiger partial charge in [0.1, 0.15) is 16.6 Å². The van der Waals surface area contributed by atoms with Crippen LogP contribution in [0.5, 0.6) is 5.75 Å². The van der Waals surface area contributed by atoms with Gasteiger partial charge in [0.25, 0.3) is 0 Å². The van der Waals surface area contributed by atoms with Crippen molar-refractivity contribution in [2.45, 2.75) is 18.7 Å². The maximum Gasteiger partial charge on any atom is 0.221 e. The standard InChI is InChI=1S/C19H19N3O5S/c1-11-3-5-14(6-4-11)21-22-18-17(28(25,26)27)10-13-9-15(20-12(2)23)7-8-16(13)19(18)24/h3-10,24-27H,1-2H3,(H,20,23). The summed E-state index contributed by atoms with van der Waals surface area (Å²) in [5, 5.41) is 21.9. The Hall–Kier alpha value is -2.98. The molecule has 0 aliphatic heterocycles. The molecule has 28 heavy (non-hydrogen) atoms. The number of rotatable bonds is 4. The van der Waals surface area contributed by atoms with Gasteiger partial charge >= 0.3 is 0 Å². The first-order valence-corrected chi connectivity index (χ1v) is 9.72. The Bertz CT molecular complexity index is 1080. The number of aryl methyl sites for hydroxylation is 1. The number of carbonyl (C=O) groups is 1. The summed E-state index contributed by atoms with van der Waals surface area (Å²) < 4.78 is 29.4. The number of hydrogen-bond donors (Lipinski definition) is 5. The zero-order chi connectivity index (χ0) is 20.5. The van der Waals surface area contributed by atoms with E-state index in [2.05, 4.69) is 15.5 Å². The summed E-state index contributed by atoms with van der Waals surface area (Å²) in [6.45, 7) is 3.27. The summed E-state index contributed by atoms with van der Waals surface area (Å²) in [5.41, 5.74) is 1.73. The maximum absolute atomic E-state index is 11.2. The van der Waals surface area contributed by atoms with E-state index in [0.29, 0.717) is 22.1 Å². The van der Waals surface area contributed by atoms with Crippen LogP contribution in [0.2, 0.25) is 0 Å². The maximum atomic E-state index is 11.2. The van der Waals surface area contributed by atoms with Crippen molar-refractivity contribution in [3.05, 3.63) is 54.1 Å². The third-order valence-electron chi connectivity index (χ3n) is 3.97. The van der Waals surface area contributed by atoms with E-state index in [1.165, 1.54) is 19.1 Å². The van der Waals surface area contributed by atoms with E-state index in [9.17, 15) is 23.6 Å². The Morgan fingerprint density at radius 1 is 1.00 bits per heavy atom. The number of hydrogen-bond acceptors (Lipinski definition) is 7. The van der Waals surface area contributed by atoms with Gasteiger partial charge < -0.3 is 24.1 Å².